The summed E-state index contributed by atoms with van der Waals surface area (Å²) in [5.74, 6) is 0.0131. The Morgan fingerprint density at radius 3 is 2.80 bits per heavy atom. The van der Waals surface area contributed by atoms with Gasteiger partial charge in [0.2, 0.25) is 0 Å². The van der Waals surface area contributed by atoms with Gasteiger partial charge in [-0.25, -0.2) is 0 Å². The van der Waals surface area contributed by atoms with Crippen molar-refractivity contribution in [2.75, 3.05) is 12.0 Å². The third-order valence-corrected chi connectivity index (χ3v) is 5.37. The molecule has 20 heavy (non-hydrogen) atoms. The Kier molecular flexibility index (Phi) is 2.65. The Bertz CT molecular complexity index is 654. The maximum Gasteiger partial charge on any atom is 0.260 e. The van der Waals surface area contributed by atoms with Gasteiger partial charge in [0.1, 0.15) is 11.6 Å². The quantitative estimate of drug-likeness (QED) is 0.797. The maximum atomic E-state index is 12.1. The van der Waals surface area contributed by atoms with Crippen LogP contribution in [0.25, 0.3) is 0 Å². The molecule has 5 heteroatoms. The summed E-state index contributed by atoms with van der Waals surface area (Å²) in [6, 6.07) is 10.3. The van der Waals surface area contributed by atoms with Gasteiger partial charge in [-0.2, -0.15) is 0 Å². The molecule has 3 heterocycles. The second-order valence-corrected chi connectivity index (χ2v) is 6.12. The SMILES string of the molecule is COC1C(=O)N2c3cocc3C(c3ccccc3)S[C@@H]12. The average molecular weight is 287 g/mol. The number of methoxy groups -OCH3 is 1. The molecule has 102 valence electrons. The molecule has 0 saturated carbocycles. The lowest BCUT2D eigenvalue weighted by Gasteiger charge is -2.49. The minimum Gasteiger partial charge on any atom is -0.470 e. The van der Waals surface area contributed by atoms with Crippen molar-refractivity contribution < 1.29 is 13.9 Å². The largest absolute Gasteiger partial charge is 0.470 e. The molecule has 2 aromatic rings. The number of furan rings is 1. The Hall–Kier alpha value is -1.72. The number of rotatable bonds is 2. The monoisotopic (exact) mass is 287 g/mol. The summed E-state index contributed by atoms with van der Waals surface area (Å²) >= 11 is 1.74. The van der Waals surface area contributed by atoms with Crippen molar-refractivity contribution in [1.29, 1.82) is 0 Å². The molecule has 2 aliphatic rings. The first-order valence-corrected chi connectivity index (χ1v) is 7.38. The summed E-state index contributed by atoms with van der Waals surface area (Å²) in [5.41, 5.74) is 3.15. The molecule has 0 spiro atoms. The maximum absolute atomic E-state index is 12.1. The van der Waals surface area contributed by atoms with Crippen LogP contribution < -0.4 is 4.90 Å². The zero-order chi connectivity index (χ0) is 13.7. The minimum absolute atomic E-state index is 0.0131. The molecule has 4 rings (SSSR count). The van der Waals surface area contributed by atoms with Crippen LogP contribution in [0, 0.1) is 0 Å². The normalized spacial score (nSPS) is 27.8. The van der Waals surface area contributed by atoms with Crippen LogP contribution in [0.5, 0.6) is 0 Å². The van der Waals surface area contributed by atoms with E-state index in [1.807, 2.05) is 18.2 Å². The van der Waals surface area contributed by atoms with Crippen molar-refractivity contribution in [3.63, 3.8) is 0 Å². The summed E-state index contributed by atoms with van der Waals surface area (Å²) in [6.07, 6.45) is 3.04. The second-order valence-electron chi connectivity index (χ2n) is 4.89. The molecule has 1 saturated heterocycles. The first kappa shape index (κ1) is 12.1. The molecule has 1 amide bonds. The van der Waals surface area contributed by atoms with Crippen LogP contribution >= 0.6 is 11.8 Å². The number of carbonyl (C=O) groups excluding carboxylic acids is 1. The standard InChI is InChI=1S/C15H13NO3S/c1-18-12-14(17)16-11-8-19-7-10(11)13(20-15(12)16)9-5-3-2-4-6-9/h2-8,12-13,15H,1H3/t12?,13?,15-/m0/s1. The van der Waals surface area contributed by atoms with Crippen LogP contribution in [0.15, 0.2) is 47.3 Å². The molecule has 2 aliphatic heterocycles. The highest BCUT2D eigenvalue weighted by Gasteiger charge is 2.54. The summed E-state index contributed by atoms with van der Waals surface area (Å²) in [4.78, 5) is 13.9. The van der Waals surface area contributed by atoms with Gasteiger partial charge in [-0.1, -0.05) is 30.3 Å². The van der Waals surface area contributed by atoms with E-state index in [1.165, 1.54) is 5.56 Å². The van der Waals surface area contributed by atoms with Gasteiger partial charge in [0.05, 0.1) is 17.2 Å². The molecule has 0 aliphatic carbocycles. The molecule has 1 fully saturated rings. The lowest BCUT2D eigenvalue weighted by molar-refractivity contribution is -0.136. The first-order valence-electron chi connectivity index (χ1n) is 6.43. The van der Waals surface area contributed by atoms with E-state index in [9.17, 15) is 4.79 Å². The fraction of sp³-hybridized carbons (Fsp3) is 0.267. The number of benzene rings is 1. The van der Waals surface area contributed by atoms with E-state index in [4.69, 9.17) is 9.15 Å². The van der Waals surface area contributed by atoms with E-state index < -0.39 is 0 Å². The number of hydrogen-bond donors (Lipinski definition) is 0. The topological polar surface area (TPSA) is 42.7 Å². The second kappa shape index (κ2) is 4.40. The number of carbonyl (C=O) groups is 1. The minimum atomic E-state index is -0.353. The highest BCUT2D eigenvalue weighted by Crippen LogP contribution is 2.53. The molecule has 0 radical (unpaired) electrons. The molecule has 0 N–H and O–H groups in total. The van der Waals surface area contributed by atoms with Crippen LogP contribution in [0.4, 0.5) is 5.69 Å². The summed E-state index contributed by atoms with van der Waals surface area (Å²) in [7, 11) is 1.59. The van der Waals surface area contributed by atoms with Crippen molar-refractivity contribution in [1.82, 2.24) is 0 Å². The van der Waals surface area contributed by atoms with E-state index in [2.05, 4.69) is 12.1 Å². The van der Waals surface area contributed by atoms with Gasteiger partial charge in [-0.3, -0.25) is 9.69 Å². The van der Waals surface area contributed by atoms with Gasteiger partial charge in [0.25, 0.3) is 5.91 Å². The molecule has 2 unspecified atom stereocenters. The Morgan fingerprint density at radius 1 is 1.25 bits per heavy atom. The van der Waals surface area contributed by atoms with Crippen molar-refractivity contribution in [3.05, 3.63) is 54.0 Å². The predicted octanol–water partition coefficient (Wildman–Crippen LogP) is 2.80. The lowest BCUT2D eigenvalue weighted by atomic mass is 10.0. The van der Waals surface area contributed by atoms with Gasteiger partial charge in [-0.15, -0.1) is 11.8 Å². The van der Waals surface area contributed by atoms with Crippen molar-refractivity contribution in [3.8, 4) is 0 Å². The highest BCUT2D eigenvalue weighted by molar-refractivity contribution is 8.00. The number of nitrogens with zero attached hydrogens (tertiary/aromatic N) is 1. The van der Waals surface area contributed by atoms with Crippen LogP contribution in [-0.2, 0) is 9.53 Å². The van der Waals surface area contributed by atoms with Crippen molar-refractivity contribution in [2.45, 2.75) is 16.7 Å². The Balaban J connectivity index is 1.78. The summed E-state index contributed by atoms with van der Waals surface area (Å²) in [5, 5.41) is 0.208. The third kappa shape index (κ3) is 1.50. The first-order chi connectivity index (χ1) is 9.81. The van der Waals surface area contributed by atoms with Crippen LogP contribution in [0.1, 0.15) is 16.4 Å². The fourth-order valence-corrected chi connectivity index (χ4v) is 4.46. The zero-order valence-electron chi connectivity index (χ0n) is 10.9. The molecule has 1 aromatic heterocycles. The molecule has 4 nitrogen and oxygen atoms in total. The number of thioether (sulfide) groups is 1. The van der Waals surface area contributed by atoms with Gasteiger partial charge < -0.3 is 9.15 Å². The van der Waals surface area contributed by atoms with Crippen molar-refractivity contribution in [2.24, 2.45) is 0 Å². The van der Waals surface area contributed by atoms with Crippen LogP contribution in [0.2, 0.25) is 0 Å². The molecule has 0 bridgehead atoms. The van der Waals surface area contributed by atoms with Crippen molar-refractivity contribution >= 4 is 23.4 Å². The lowest BCUT2D eigenvalue weighted by Crippen LogP contribution is -2.65. The van der Waals surface area contributed by atoms with E-state index in [0.29, 0.717) is 0 Å². The van der Waals surface area contributed by atoms with E-state index in [-0.39, 0.29) is 22.6 Å². The number of β-lactam (4-membered cyclic amide) rings is 1. The van der Waals surface area contributed by atoms with Crippen LogP contribution in [-0.4, -0.2) is 24.5 Å². The van der Waals surface area contributed by atoms with Crippen LogP contribution in [0.3, 0.4) is 0 Å². The summed E-state index contributed by atoms with van der Waals surface area (Å²) < 4.78 is 10.6. The van der Waals surface area contributed by atoms with E-state index in [0.717, 1.165) is 11.3 Å². The number of hydrogen-bond acceptors (Lipinski definition) is 4. The average Bonchev–Trinajstić information content (AvgIpc) is 2.95. The third-order valence-electron chi connectivity index (χ3n) is 3.84. The number of fused-ring (bicyclic) bond motifs is 3. The predicted molar refractivity (Wildman–Crippen MR) is 76.7 cm³/mol. The Labute approximate surface area is 120 Å². The molecule has 3 atom stereocenters. The molecular weight excluding hydrogens is 274 g/mol. The van der Waals surface area contributed by atoms with Gasteiger partial charge in [0.15, 0.2) is 6.10 Å². The van der Waals surface area contributed by atoms with E-state index >= 15 is 0 Å². The Morgan fingerprint density at radius 2 is 2.05 bits per heavy atom. The van der Waals surface area contributed by atoms with Gasteiger partial charge in [-0.05, 0) is 5.56 Å². The van der Waals surface area contributed by atoms with Gasteiger partial charge >= 0.3 is 0 Å². The molecule has 1 aromatic carbocycles. The number of amides is 1. The zero-order valence-corrected chi connectivity index (χ0v) is 11.7. The number of anilines is 1. The smallest absolute Gasteiger partial charge is 0.260 e. The van der Waals surface area contributed by atoms with E-state index in [1.54, 1.807) is 36.3 Å². The van der Waals surface area contributed by atoms with Gasteiger partial charge in [0, 0.05) is 12.7 Å². The number of ether oxygens (including phenoxy) is 1. The highest BCUT2D eigenvalue weighted by atomic mass is 32.2. The molecular formula is C15H13NO3S. The fourth-order valence-electron chi connectivity index (χ4n) is 2.83. The summed E-state index contributed by atoms with van der Waals surface area (Å²) in [6.45, 7) is 0.